The van der Waals surface area contributed by atoms with Crippen molar-refractivity contribution in [2.75, 3.05) is 0 Å². The number of carbonyl (C=O) groups excluding carboxylic acids is 1. The van der Waals surface area contributed by atoms with Crippen LogP contribution in [0.15, 0.2) is 12.2 Å². The molecule has 0 bridgehead atoms. The second-order valence-electron chi connectivity index (χ2n) is 14.0. The highest BCUT2D eigenvalue weighted by molar-refractivity contribution is 5.70. The molecule has 11 atom stereocenters. The van der Waals surface area contributed by atoms with Gasteiger partial charge in [0.2, 0.25) is 0 Å². The number of aliphatic hydroxyl groups is 4. The van der Waals surface area contributed by atoms with Crippen molar-refractivity contribution in [1.82, 2.24) is 0 Å². The average Bonchev–Trinajstić information content (AvgIpc) is 3.10. The van der Waals surface area contributed by atoms with E-state index >= 15 is 0 Å². The summed E-state index contributed by atoms with van der Waals surface area (Å²) in [6, 6.07) is 0. The number of aliphatic hydroxyl groups excluding tert-OH is 4. The Hall–Kier alpha value is -0.950. The van der Waals surface area contributed by atoms with Crippen LogP contribution < -0.4 is 0 Å². The van der Waals surface area contributed by atoms with Gasteiger partial charge in [-0.15, -0.1) is 0 Å². The molecule has 0 amide bonds. The minimum Gasteiger partial charge on any atom is -0.460 e. The third-order valence-electron chi connectivity index (χ3n) is 10.7. The highest BCUT2D eigenvalue weighted by Gasteiger charge is 2.62. The minimum atomic E-state index is -0.961. The first-order valence-corrected chi connectivity index (χ1v) is 14.4. The summed E-state index contributed by atoms with van der Waals surface area (Å²) in [5, 5.41) is 42.7. The Labute approximate surface area is 217 Å². The third-order valence-corrected chi connectivity index (χ3v) is 10.7. The molecular formula is C30H50O6. The van der Waals surface area contributed by atoms with Crippen molar-refractivity contribution in [3.8, 4) is 0 Å². The maximum Gasteiger partial charge on any atom is 0.308 e. The number of ether oxygens (including phenoxy) is 1. The number of carbonyl (C=O) groups is 1. The number of allylic oxidation sites excluding steroid dienone is 1. The summed E-state index contributed by atoms with van der Waals surface area (Å²) >= 11 is 0. The number of hydrogen-bond donors (Lipinski definition) is 4. The van der Waals surface area contributed by atoms with Gasteiger partial charge in [0.1, 0.15) is 5.60 Å². The lowest BCUT2D eigenvalue weighted by Gasteiger charge is -2.62. The highest BCUT2D eigenvalue weighted by Crippen LogP contribution is 2.67. The normalized spacial score (nSPS) is 44.4. The van der Waals surface area contributed by atoms with Crippen molar-refractivity contribution in [1.29, 1.82) is 0 Å². The third kappa shape index (κ3) is 5.43. The number of hydrogen-bond acceptors (Lipinski definition) is 6. The SMILES string of the molecule is CC(C)(C)OC(=O)C[C@H](O)C[C@H](O)/C=C/C1CC[C@H]2[C@@H]3CC[C@@H]4C[C@H](O)CC[C@]4(C)[C@H]3C[C@H](O)[C@]12C. The Morgan fingerprint density at radius 1 is 1.03 bits per heavy atom. The van der Waals surface area contributed by atoms with Crippen LogP contribution in [0.1, 0.15) is 98.8 Å². The highest BCUT2D eigenvalue weighted by atomic mass is 16.6. The van der Waals surface area contributed by atoms with E-state index in [9.17, 15) is 25.2 Å². The van der Waals surface area contributed by atoms with Gasteiger partial charge in [-0.2, -0.15) is 0 Å². The van der Waals surface area contributed by atoms with Gasteiger partial charge in [0.25, 0.3) is 0 Å². The van der Waals surface area contributed by atoms with Gasteiger partial charge in [-0.1, -0.05) is 26.0 Å². The smallest absolute Gasteiger partial charge is 0.308 e. The molecule has 0 aromatic heterocycles. The molecule has 0 spiro atoms. The standard InChI is InChI=1S/C30H50O6/c1-28(2,3)36-27(35)16-22(33)15-20(31)9-6-18-8-11-24-23-10-7-19-14-21(32)12-13-29(19,4)25(23)17-26(34)30(18,24)5/h6,9,18-26,31-34H,7-8,10-17H2,1-5H3/b9-6+/t18?,19-,20-,21-,22-,23+,24+,25+,26+,29+,30-/m1/s1. The lowest BCUT2D eigenvalue weighted by molar-refractivity contribution is -0.167. The molecule has 0 aromatic carbocycles. The van der Waals surface area contributed by atoms with Crippen molar-refractivity contribution in [3.63, 3.8) is 0 Å². The van der Waals surface area contributed by atoms with Crippen LogP contribution in [0.3, 0.4) is 0 Å². The van der Waals surface area contributed by atoms with Crippen molar-refractivity contribution in [2.45, 2.75) is 129 Å². The van der Waals surface area contributed by atoms with Gasteiger partial charge in [-0.3, -0.25) is 4.79 Å². The summed E-state index contributed by atoms with van der Waals surface area (Å²) in [4.78, 5) is 12.0. The summed E-state index contributed by atoms with van der Waals surface area (Å²) in [6.45, 7) is 10.1. The van der Waals surface area contributed by atoms with Gasteiger partial charge in [0.05, 0.1) is 30.8 Å². The molecule has 0 aromatic rings. The Morgan fingerprint density at radius 2 is 1.75 bits per heavy atom. The zero-order valence-electron chi connectivity index (χ0n) is 23.0. The monoisotopic (exact) mass is 506 g/mol. The average molecular weight is 507 g/mol. The first kappa shape index (κ1) is 28.1. The van der Waals surface area contributed by atoms with Crippen LogP contribution in [0, 0.1) is 40.4 Å². The summed E-state index contributed by atoms with van der Waals surface area (Å²) in [7, 11) is 0. The van der Waals surface area contributed by atoms with E-state index in [0.717, 1.165) is 38.5 Å². The van der Waals surface area contributed by atoms with Crippen LogP contribution >= 0.6 is 0 Å². The molecule has 0 saturated heterocycles. The summed E-state index contributed by atoms with van der Waals surface area (Å²) in [5.74, 6) is 1.91. The predicted octanol–water partition coefficient (Wildman–Crippen LogP) is 4.38. The molecule has 6 heteroatoms. The second kappa shape index (κ2) is 10.3. The minimum absolute atomic E-state index is 0.0848. The number of fused-ring (bicyclic) bond motifs is 5. The molecule has 4 aliphatic carbocycles. The lowest BCUT2D eigenvalue weighted by atomic mass is 9.44. The van der Waals surface area contributed by atoms with Crippen molar-refractivity contribution < 1.29 is 30.0 Å². The predicted molar refractivity (Wildman–Crippen MR) is 139 cm³/mol. The zero-order valence-corrected chi connectivity index (χ0v) is 23.0. The maximum absolute atomic E-state index is 12.0. The molecule has 4 rings (SSSR count). The van der Waals surface area contributed by atoms with Crippen LogP contribution in [0.2, 0.25) is 0 Å². The fourth-order valence-electron chi connectivity index (χ4n) is 8.84. The molecule has 4 N–H and O–H groups in total. The maximum atomic E-state index is 12.0. The van der Waals surface area contributed by atoms with Crippen molar-refractivity contribution >= 4 is 5.97 Å². The Balaban J connectivity index is 1.39. The van der Waals surface area contributed by atoms with Gasteiger partial charge >= 0.3 is 5.97 Å². The van der Waals surface area contributed by atoms with E-state index in [1.807, 2.05) is 0 Å². The summed E-state index contributed by atoms with van der Waals surface area (Å²) in [6.07, 6.45) is 9.63. The fourth-order valence-corrected chi connectivity index (χ4v) is 8.84. The Morgan fingerprint density at radius 3 is 2.44 bits per heavy atom. The molecule has 4 aliphatic rings. The lowest BCUT2D eigenvalue weighted by Crippen LogP contribution is -2.58. The van der Waals surface area contributed by atoms with E-state index in [4.69, 9.17) is 4.74 Å². The Bertz CT molecular complexity index is 819. The molecule has 6 nitrogen and oxygen atoms in total. The molecule has 0 radical (unpaired) electrons. The van der Waals surface area contributed by atoms with E-state index in [0.29, 0.717) is 23.7 Å². The Kier molecular flexibility index (Phi) is 8.04. The van der Waals surface area contributed by atoms with Gasteiger partial charge < -0.3 is 25.2 Å². The zero-order chi connectivity index (χ0) is 26.5. The van der Waals surface area contributed by atoms with E-state index in [1.54, 1.807) is 26.8 Å². The van der Waals surface area contributed by atoms with Crippen molar-refractivity contribution in [3.05, 3.63) is 12.2 Å². The number of esters is 1. The van der Waals surface area contributed by atoms with Gasteiger partial charge in [-0.25, -0.2) is 0 Å². The molecule has 1 unspecified atom stereocenters. The molecule has 4 saturated carbocycles. The van der Waals surface area contributed by atoms with Gasteiger partial charge in [-0.05, 0) is 107 Å². The summed E-state index contributed by atoms with van der Waals surface area (Å²) < 4.78 is 5.27. The van der Waals surface area contributed by atoms with E-state index < -0.39 is 23.8 Å². The van der Waals surface area contributed by atoms with Crippen LogP contribution in [0.4, 0.5) is 0 Å². The fraction of sp³-hybridized carbons (Fsp3) is 0.900. The van der Waals surface area contributed by atoms with Gasteiger partial charge in [0.15, 0.2) is 0 Å². The first-order chi connectivity index (χ1) is 16.7. The van der Waals surface area contributed by atoms with E-state index in [1.165, 1.54) is 12.8 Å². The van der Waals surface area contributed by atoms with Crippen LogP contribution in [-0.4, -0.2) is 56.4 Å². The quantitative estimate of drug-likeness (QED) is 0.315. The summed E-state index contributed by atoms with van der Waals surface area (Å²) in [5.41, 5.74) is -0.582. The van der Waals surface area contributed by atoms with E-state index in [2.05, 4.69) is 19.9 Å². The molecule has 36 heavy (non-hydrogen) atoms. The topological polar surface area (TPSA) is 107 Å². The number of rotatable bonds is 6. The van der Waals surface area contributed by atoms with Crippen LogP contribution in [0.5, 0.6) is 0 Å². The molecular weight excluding hydrogens is 456 g/mol. The van der Waals surface area contributed by atoms with E-state index in [-0.39, 0.29) is 41.8 Å². The molecule has 0 aliphatic heterocycles. The van der Waals surface area contributed by atoms with Crippen molar-refractivity contribution in [2.24, 2.45) is 40.4 Å². The van der Waals surface area contributed by atoms with Gasteiger partial charge in [0, 0.05) is 11.8 Å². The molecule has 206 valence electrons. The molecule has 4 fully saturated rings. The first-order valence-electron chi connectivity index (χ1n) is 14.4. The van der Waals surface area contributed by atoms with Crippen LogP contribution in [-0.2, 0) is 9.53 Å². The largest absolute Gasteiger partial charge is 0.460 e. The van der Waals surface area contributed by atoms with Crippen LogP contribution in [0.25, 0.3) is 0 Å². The molecule has 0 heterocycles. The second-order valence-corrected chi connectivity index (χ2v) is 14.0.